The highest BCUT2D eigenvalue weighted by Gasteiger charge is 2.70. The number of rotatable bonds is 8. The lowest BCUT2D eigenvalue weighted by molar-refractivity contribution is -0.379. The average molecular weight is 417 g/mol. The molecule has 1 unspecified atom stereocenters. The van der Waals surface area contributed by atoms with Crippen LogP contribution >= 0.6 is 0 Å². The predicted molar refractivity (Wildman–Crippen MR) is 78.1 cm³/mol. The summed E-state index contributed by atoms with van der Waals surface area (Å²) in [4.78, 5) is 0. The van der Waals surface area contributed by atoms with Gasteiger partial charge in [-0.05, 0) is 12.8 Å². The standard InChI is InChI=1S/C13H21F6NO5S/c14-12(15,16)11(21,13(17,18)19)8-25-10(7-26(22,23)24)6-20-9-4-2-1-3-5-9/h9-10,20-21H,1-8H2,(H,22,23,24). The van der Waals surface area contributed by atoms with E-state index in [2.05, 4.69) is 10.1 Å². The summed E-state index contributed by atoms with van der Waals surface area (Å²) in [6.07, 6.45) is -9.68. The van der Waals surface area contributed by atoms with E-state index in [1.54, 1.807) is 0 Å². The van der Waals surface area contributed by atoms with Crippen molar-refractivity contribution in [3.8, 4) is 0 Å². The number of hydrogen-bond donors (Lipinski definition) is 3. The van der Waals surface area contributed by atoms with Gasteiger partial charge in [-0.2, -0.15) is 34.8 Å². The van der Waals surface area contributed by atoms with Gasteiger partial charge in [0.2, 0.25) is 0 Å². The first-order valence-corrected chi connectivity index (χ1v) is 9.42. The van der Waals surface area contributed by atoms with Crippen molar-refractivity contribution in [1.29, 1.82) is 0 Å². The molecule has 26 heavy (non-hydrogen) atoms. The molecule has 1 aliphatic rings. The normalized spacial score (nSPS) is 19.5. The first kappa shape index (κ1) is 23.4. The first-order valence-electron chi connectivity index (χ1n) is 7.82. The zero-order valence-electron chi connectivity index (χ0n) is 13.6. The van der Waals surface area contributed by atoms with Crippen LogP contribution in [0.5, 0.6) is 0 Å². The van der Waals surface area contributed by atoms with Crippen LogP contribution in [-0.2, 0) is 14.9 Å². The summed E-state index contributed by atoms with van der Waals surface area (Å²) in [5, 5.41) is 11.9. The van der Waals surface area contributed by atoms with Crippen LogP contribution in [-0.4, -0.2) is 67.1 Å². The van der Waals surface area contributed by atoms with Crippen LogP contribution in [0.25, 0.3) is 0 Å². The lowest BCUT2D eigenvalue weighted by Gasteiger charge is -2.33. The largest absolute Gasteiger partial charge is 0.428 e. The van der Waals surface area contributed by atoms with Gasteiger partial charge in [0.15, 0.2) is 0 Å². The van der Waals surface area contributed by atoms with Crippen LogP contribution < -0.4 is 5.32 Å². The summed E-state index contributed by atoms with van der Waals surface area (Å²) < 4.78 is 111. The topological polar surface area (TPSA) is 95.9 Å². The molecule has 0 radical (unpaired) electrons. The molecule has 1 rings (SSSR count). The molecule has 3 N–H and O–H groups in total. The molecular weight excluding hydrogens is 396 g/mol. The highest BCUT2D eigenvalue weighted by Crippen LogP contribution is 2.43. The quantitative estimate of drug-likeness (QED) is 0.413. The molecule has 0 aromatic rings. The molecule has 6 nitrogen and oxygen atoms in total. The molecule has 0 spiro atoms. The molecular formula is C13H21F6NO5S. The van der Waals surface area contributed by atoms with Crippen molar-refractivity contribution >= 4 is 10.1 Å². The number of hydrogen-bond acceptors (Lipinski definition) is 5. The van der Waals surface area contributed by atoms with Gasteiger partial charge in [-0.15, -0.1) is 0 Å². The minimum Gasteiger partial charge on any atom is -0.372 e. The maximum atomic E-state index is 12.6. The molecule has 1 fully saturated rings. The first-order chi connectivity index (χ1) is 11.7. The smallest absolute Gasteiger partial charge is 0.372 e. The molecule has 0 heterocycles. The van der Waals surface area contributed by atoms with Crippen molar-refractivity contribution in [2.75, 3.05) is 18.9 Å². The summed E-state index contributed by atoms with van der Waals surface area (Å²) in [5.74, 6) is -1.21. The molecule has 1 saturated carbocycles. The Kier molecular flexibility index (Phi) is 7.73. The zero-order chi connectivity index (χ0) is 20.2. The second-order valence-electron chi connectivity index (χ2n) is 6.28. The summed E-state index contributed by atoms with van der Waals surface area (Å²) in [5.41, 5.74) is -5.15. The maximum Gasteiger partial charge on any atom is 0.428 e. The van der Waals surface area contributed by atoms with E-state index in [9.17, 15) is 34.8 Å². The summed E-state index contributed by atoms with van der Waals surface area (Å²) >= 11 is 0. The van der Waals surface area contributed by atoms with E-state index in [0.717, 1.165) is 19.3 Å². The molecule has 13 heteroatoms. The average Bonchev–Trinajstić information content (AvgIpc) is 2.47. The monoisotopic (exact) mass is 417 g/mol. The van der Waals surface area contributed by atoms with Crippen molar-refractivity contribution < 1.29 is 49.2 Å². The van der Waals surface area contributed by atoms with Gasteiger partial charge in [0, 0.05) is 12.6 Å². The zero-order valence-corrected chi connectivity index (χ0v) is 14.4. The molecule has 1 atom stereocenters. The minimum absolute atomic E-state index is 0.0830. The van der Waals surface area contributed by atoms with Crippen molar-refractivity contribution in [1.82, 2.24) is 5.32 Å². The fourth-order valence-electron chi connectivity index (χ4n) is 2.57. The Balaban J connectivity index is 2.80. The van der Waals surface area contributed by atoms with E-state index in [-0.39, 0.29) is 6.04 Å². The van der Waals surface area contributed by atoms with E-state index >= 15 is 0 Å². The third-order valence-electron chi connectivity index (χ3n) is 4.10. The van der Waals surface area contributed by atoms with Gasteiger partial charge in [-0.3, -0.25) is 4.55 Å². The second kappa shape index (κ2) is 8.59. The number of aliphatic hydroxyl groups is 1. The molecule has 0 saturated heterocycles. The molecule has 0 aromatic heterocycles. The molecule has 0 aliphatic heterocycles. The second-order valence-corrected chi connectivity index (χ2v) is 7.78. The fourth-order valence-corrected chi connectivity index (χ4v) is 3.25. The molecule has 0 amide bonds. The Hall–Kier alpha value is -0.630. The van der Waals surface area contributed by atoms with Crippen LogP contribution in [0.4, 0.5) is 26.3 Å². The van der Waals surface area contributed by atoms with Gasteiger partial charge < -0.3 is 15.2 Å². The van der Waals surface area contributed by atoms with Crippen LogP contribution in [0.15, 0.2) is 0 Å². The minimum atomic E-state index is -6.08. The van der Waals surface area contributed by atoms with Gasteiger partial charge in [-0.1, -0.05) is 19.3 Å². The summed E-state index contributed by atoms with van der Waals surface area (Å²) in [6, 6.07) is -0.0830. The lowest BCUT2D eigenvalue weighted by atomic mass is 9.95. The van der Waals surface area contributed by atoms with Gasteiger partial charge in [0.1, 0.15) is 5.75 Å². The van der Waals surface area contributed by atoms with E-state index in [1.807, 2.05) is 0 Å². The fraction of sp³-hybridized carbons (Fsp3) is 1.00. The summed E-state index contributed by atoms with van der Waals surface area (Å²) in [6.45, 7) is -2.64. The van der Waals surface area contributed by atoms with Gasteiger partial charge in [-0.25, -0.2) is 0 Å². The van der Waals surface area contributed by atoms with E-state index in [4.69, 9.17) is 9.66 Å². The van der Waals surface area contributed by atoms with Crippen molar-refractivity contribution in [2.45, 2.75) is 62.2 Å². The van der Waals surface area contributed by atoms with Crippen LogP contribution in [0.3, 0.4) is 0 Å². The van der Waals surface area contributed by atoms with E-state index in [0.29, 0.717) is 12.8 Å². The van der Waals surface area contributed by atoms with Gasteiger partial charge in [0.25, 0.3) is 15.7 Å². The molecule has 0 aromatic carbocycles. The Morgan fingerprint density at radius 1 is 1.04 bits per heavy atom. The number of halogens is 6. The summed E-state index contributed by atoms with van der Waals surface area (Å²) in [7, 11) is -4.72. The van der Waals surface area contributed by atoms with E-state index in [1.165, 1.54) is 0 Å². The Morgan fingerprint density at radius 2 is 1.54 bits per heavy atom. The number of alkyl halides is 6. The maximum absolute atomic E-state index is 12.6. The SMILES string of the molecule is O=S(=O)(O)CC(CNC1CCCCC1)OCC(O)(C(F)(F)F)C(F)(F)F. The van der Waals surface area contributed by atoms with Gasteiger partial charge >= 0.3 is 12.4 Å². The molecule has 1 aliphatic carbocycles. The third-order valence-corrected chi connectivity index (χ3v) is 4.89. The Bertz CT molecular complexity index is 530. The predicted octanol–water partition coefficient (Wildman–Crippen LogP) is 2.04. The molecule has 156 valence electrons. The van der Waals surface area contributed by atoms with Crippen LogP contribution in [0.1, 0.15) is 32.1 Å². The number of nitrogens with one attached hydrogen (secondary N) is 1. The molecule has 0 bridgehead atoms. The van der Waals surface area contributed by atoms with Crippen molar-refractivity contribution in [3.63, 3.8) is 0 Å². The van der Waals surface area contributed by atoms with Crippen molar-refractivity contribution in [2.24, 2.45) is 0 Å². The van der Waals surface area contributed by atoms with Crippen LogP contribution in [0.2, 0.25) is 0 Å². The van der Waals surface area contributed by atoms with E-state index < -0.39 is 53.1 Å². The highest BCUT2D eigenvalue weighted by atomic mass is 32.2. The highest BCUT2D eigenvalue weighted by molar-refractivity contribution is 7.85. The Morgan fingerprint density at radius 3 is 1.96 bits per heavy atom. The third kappa shape index (κ3) is 6.83. The van der Waals surface area contributed by atoms with Crippen molar-refractivity contribution in [3.05, 3.63) is 0 Å². The van der Waals surface area contributed by atoms with Gasteiger partial charge in [0.05, 0.1) is 12.7 Å². The van der Waals surface area contributed by atoms with Crippen LogP contribution in [0, 0.1) is 0 Å². The lowest BCUT2D eigenvalue weighted by Crippen LogP contribution is -2.60. The Labute approximate surface area is 146 Å². The number of ether oxygens (including phenoxy) is 1.